The number of benzene rings is 1. The Balaban J connectivity index is 2.05. The zero-order valence-corrected chi connectivity index (χ0v) is 9.48. The van der Waals surface area contributed by atoms with E-state index in [-0.39, 0.29) is 5.78 Å². The number of para-hydroxylation sites is 1. The number of nitrogens with zero attached hydrogens (tertiary/aromatic N) is 2. The Kier molecular flexibility index (Phi) is 2.53. The van der Waals surface area contributed by atoms with Crippen LogP contribution < -0.4 is 0 Å². The Hall–Kier alpha value is -2.62. The molecule has 0 aliphatic rings. The number of carbonyl (C=O) groups excluding carboxylic acids is 1. The van der Waals surface area contributed by atoms with Crippen LogP contribution in [0.2, 0.25) is 0 Å². The summed E-state index contributed by atoms with van der Waals surface area (Å²) in [6.45, 7) is 0. The quantitative estimate of drug-likeness (QED) is 0.659. The molecule has 1 aromatic carbocycles. The lowest BCUT2D eigenvalue weighted by molar-refractivity contribution is 0.103. The lowest BCUT2D eigenvalue weighted by atomic mass is 10.1. The van der Waals surface area contributed by atoms with Crippen molar-refractivity contribution in [2.24, 2.45) is 0 Å². The number of aromatic nitrogens is 2. The molecule has 0 radical (unpaired) electrons. The molecule has 88 valence electrons. The number of ketones is 1. The summed E-state index contributed by atoms with van der Waals surface area (Å²) in [6.07, 6.45) is 4.53. The van der Waals surface area contributed by atoms with Crippen LogP contribution in [0, 0.1) is 0 Å². The number of rotatable bonds is 3. The third-order valence-corrected chi connectivity index (χ3v) is 2.66. The fourth-order valence-electron chi connectivity index (χ4n) is 1.79. The Bertz CT molecular complexity index is 654. The molecule has 0 aliphatic carbocycles. The van der Waals surface area contributed by atoms with Gasteiger partial charge < -0.3 is 4.42 Å². The number of hydrogen-bond acceptors (Lipinski definition) is 3. The van der Waals surface area contributed by atoms with E-state index in [2.05, 4.69) is 5.10 Å². The van der Waals surface area contributed by atoms with Crippen LogP contribution in [0.15, 0.2) is 65.6 Å². The third kappa shape index (κ3) is 1.73. The fraction of sp³-hybridized carbons (Fsp3) is 0. The highest BCUT2D eigenvalue weighted by molar-refractivity contribution is 6.07. The molecule has 18 heavy (non-hydrogen) atoms. The largest absolute Gasteiger partial charge is 0.472 e. The Morgan fingerprint density at radius 1 is 1.11 bits per heavy atom. The summed E-state index contributed by atoms with van der Waals surface area (Å²) in [6, 6.07) is 12.9. The maximum absolute atomic E-state index is 12.2. The van der Waals surface area contributed by atoms with Crippen molar-refractivity contribution in [2.45, 2.75) is 0 Å². The van der Waals surface area contributed by atoms with E-state index in [1.165, 1.54) is 12.5 Å². The van der Waals surface area contributed by atoms with Gasteiger partial charge in [0.2, 0.25) is 5.78 Å². The van der Waals surface area contributed by atoms with Gasteiger partial charge in [-0.2, -0.15) is 5.10 Å². The van der Waals surface area contributed by atoms with Crippen molar-refractivity contribution < 1.29 is 9.21 Å². The standard InChI is InChI=1S/C14H10N2O2/c17-14(11-7-9-18-10-11)13-6-8-15-16(13)12-4-2-1-3-5-12/h1-10H. The minimum Gasteiger partial charge on any atom is -0.472 e. The minimum absolute atomic E-state index is 0.106. The van der Waals surface area contributed by atoms with Crippen molar-refractivity contribution in [2.75, 3.05) is 0 Å². The average Bonchev–Trinajstić information content (AvgIpc) is 3.10. The van der Waals surface area contributed by atoms with Gasteiger partial charge in [-0.3, -0.25) is 4.79 Å². The number of hydrogen-bond donors (Lipinski definition) is 0. The van der Waals surface area contributed by atoms with E-state index in [1.807, 2.05) is 30.3 Å². The maximum atomic E-state index is 12.2. The zero-order chi connectivity index (χ0) is 12.4. The molecule has 0 bridgehead atoms. The second-order valence-corrected chi connectivity index (χ2v) is 3.80. The van der Waals surface area contributed by atoms with Crippen molar-refractivity contribution in [3.63, 3.8) is 0 Å². The molecule has 2 heterocycles. The molecule has 0 aliphatic heterocycles. The Labute approximate surface area is 103 Å². The van der Waals surface area contributed by atoms with E-state index in [1.54, 1.807) is 23.0 Å². The van der Waals surface area contributed by atoms with Crippen molar-refractivity contribution >= 4 is 5.78 Å². The van der Waals surface area contributed by atoms with Crippen LogP contribution in [0.5, 0.6) is 0 Å². The molecule has 0 N–H and O–H groups in total. The molecule has 4 heteroatoms. The molecule has 0 saturated carbocycles. The highest BCUT2D eigenvalue weighted by atomic mass is 16.3. The first-order valence-electron chi connectivity index (χ1n) is 5.52. The van der Waals surface area contributed by atoms with Crippen molar-refractivity contribution in [1.82, 2.24) is 9.78 Å². The predicted octanol–water partition coefficient (Wildman–Crippen LogP) is 2.70. The van der Waals surface area contributed by atoms with Gasteiger partial charge in [0.05, 0.1) is 23.7 Å². The van der Waals surface area contributed by atoms with Crippen LogP contribution in [-0.2, 0) is 0 Å². The molecule has 0 fully saturated rings. The van der Waals surface area contributed by atoms with Crippen LogP contribution in [0.4, 0.5) is 0 Å². The highest BCUT2D eigenvalue weighted by Gasteiger charge is 2.16. The first kappa shape index (κ1) is 10.5. The lowest BCUT2D eigenvalue weighted by Crippen LogP contribution is -2.09. The monoisotopic (exact) mass is 238 g/mol. The van der Waals surface area contributed by atoms with Gasteiger partial charge in [-0.1, -0.05) is 18.2 Å². The van der Waals surface area contributed by atoms with E-state index < -0.39 is 0 Å². The van der Waals surface area contributed by atoms with E-state index in [4.69, 9.17) is 4.42 Å². The normalized spacial score (nSPS) is 10.4. The van der Waals surface area contributed by atoms with E-state index in [9.17, 15) is 4.79 Å². The summed E-state index contributed by atoms with van der Waals surface area (Å²) < 4.78 is 6.55. The molecule has 0 saturated heterocycles. The van der Waals surface area contributed by atoms with Crippen molar-refractivity contribution in [3.8, 4) is 5.69 Å². The SMILES string of the molecule is O=C(c1ccoc1)c1ccnn1-c1ccccc1. The summed E-state index contributed by atoms with van der Waals surface area (Å²) in [5.74, 6) is -0.106. The van der Waals surface area contributed by atoms with Crippen LogP contribution in [-0.4, -0.2) is 15.6 Å². The molecule has 0 amide bonds. The van der Waals surface area contributed by atoms with Gasteiger partial charge in [0, 0.05) is 0 Å². The van der Waals surface area contributed by atoms with Crippen LogP contribution in [0.25, 0.3) is 5.69 Å². The average molecular weight is 238 g/mol. The third-order valence-electron chi connectivity index (χ3n) is 2.66. The Morgan fingerprint density at radius 2 is 1.94 bits per heavy atom. The molecule has 3 aromatic rings. The number of carbonyl (C=O) groups is 1. The zero-order valence-electron chi connectivity index (χ0n) is 9.48. The fourth-order valence-corrected chi connectivity index (χ4v) is 1.79. The molecular weight excluding hydrogens is 228 g/mol. The van der Waals surface area contributed by atoms with E-state index in [0.29, 0.717) is 11.3 Å². The summed E-state index contributed by atoms with van der Waals surface area (Å²) in [5.41, 5.74) is 1.89. The number of furan rings is 1. The smallest absolute Gasteiger partial charge is 0.214 e. The van der Waals surface area contributed by atoms with Gasteiger partial charge in [0.15, 0.2) is 0 Å². The second-order valence-electron chi connectivity index (χ2n) is 3.80. The van der Waals surface area contributed by atoms with Gasteiger partial charge in [0.1, 0.15) is 12.0 Å². The molecule has 4 nitrogen and oxygen atoms in total. The van der Waals surface area contributed by atoms with Gasteiger partial charge in [-0.15, -0.1) is 0 Å². The minimum atomic E-state index is -0.106. The van der Waals surface area contributed by atoms with Gasteiger partial charge in [0.25, 0.3) is 0 Å². The lowest BCUT2D eigenvalue weighted by Gasteiger charge is -2.05. The second kappa shape index (κ2) is 4.33. The van der Waals surface area contributed by atoms with Gasteiger partial charge in [-0.25, -0.2) is 4.68 Å². The van der Waals surface area contributed by atoms with Gasteiger partial charge in [-0.05, 0) is 24.3 Å². The van der Waals surface area contributed by atoms with Gasteiger partial charge >= 0.3 is 0 Å². The van der Waals surface area contributed by atoms with E-state index in [0.717, 1.165) is 5.69 Å². The van der Waals surface area contributed by atoms with E-state index >= 15 is 0 Å². The predicted molar refractivity (Wildman–Crippen MR) is 65.7 cm³/mol. The summed E-state index contributed by atoms with van der Waals surface area (Å²) in [5, 5.41) is 4.18. The van der Waals surface area contributed by atoms with Crippen LogP contribution >= 0.6 is 0 Å². The van der Waals surface area contributed by atoms with Crippen LogP contribution in [0.3, 0.4) is 0 Å². The first-order valence-corrected chi connectivity index (χ1v) is 5.52. The van der Waals surface area contributed by atoms with Crippen LogP contribution in [0.1, 0.15) is 16.1 Å². The molecule has 0 spiro atoms. The Morgan fingerprint density at radius 3 is 2.67 bits per heavy atom. The highest BCUT2D eigenvalue weighted by Crippen LogP contribution is 2.14. The first-order chi connectivity index (χ1) is 8.86. The maximum Gasteiger partial charge on any atom is 0.214 e. The topological polar surface area (TPSA) is 48.0 Å². The molecular formula is C14H10N2O2. The van der Waals surface area contributed by atoms with Crippen molar-refractivity contribution in [1.29, 1.82) is 0 Å². The summed E-state index contributed by atoms with van der Waals surface area (Å²) in [4.78, 5) is 12.2. The summed E-state index contributed by atoms with van der Waals surface area (Å²) >= 11 is 0. The molecule has 0 unspecified atom stereocenters. The summed E-state index contributed by atoms with van der Waals surface area (Å²) in [7, 11) is 0. The molecule has 0 atom stereocenters. The van der Waals surface area contributed by atoms with Crippen molar-refractivity contribution in [3.05, 3.63) is 72.4 Å². The molecule has 3 rings (SSSR count). The molecule has 2 aromatic heterocycles.